The quantitative estimate of drug-likeness (QED) is 0.624. The molecular weight excluding hydrogens is 353 g/mol. The summed E-state index contributed by atoms with van der Waals surface area (Å²) in [5, 5.41) is 12.6. The Labute approximate surface area is 156 Å². The average molecular weight is 375 g/mol. The van der Waals surface area contributed by atoms with Gasteiger partial charge in [-0.15, -0.1) is 0 Å². The molecule has 1 aromatic carbocycles. The van der Waals surface area contributed by atoms with Gasteiger partial charge in [0.05, 0.1) is 19.2 Å². The minimum atomic E-state index is -0.310. The van der Waals surface area contributed by atoms with E-state index in [2.05, 4.69) is 21.0 Å². The average Bonchev–Trinajstić information content (AvgIpc) is 3.20. The second kappa shape index (κ2) is 8.63. The molecule has 9 heteroatoms. The summed E-state index contributed by atoms with van der Waals surface area (Å²) in [5.41, 5.74) is 2.08. The summed E-state index contributed by atoms with van der Waals surface area (Å²) in [6, 6.07) is 7.31. The second-order valence-corrected chi connectivity index (χ2v) is 6.31. The molecule has 0 fully saturated rings. The van der Waals surface area contributed by atoms with Crippen LogP contribution in [-0.2, 0) is 24.2 Å². The standard InChI is InChI=1S/C18H22FN5O3/c1-27-7-6-20-17(25)16-9-15-8-14(11-24(15)23-16)22-18(26)21-10-12-2-4-13(19)5-3-12/h2-5,9,14H,6-8,10-11H2,1H3,(H,20,25)(H2,21,22,26). The molecule has 1 aromatic heterocycles. The Morgan fingerprint density at radius 3 is 2.78 bits per heavy atom. The summed E-state index contributed by atoms with van der Waals surface area (Å²) >= 11 is 0. The number of nitrogens with zero attached hydrogens (tertiary/aromatic N) is 2. The molecule has 0 saturated carbocycles. The monoisotopic (exact) mass is 375 g/mol. The van der Waals surface area contributed by atoms with Gasteiger partial charge in [0.15, 0.2) is 0 Å². The molecule has 3 amide bonds. The molecule has 3 rings (SSSR count). The van der Waals surface area contributed by atoms with Crippen molar-refractivity contribution in [2.24, 2.45) is 0 Å². The first kappa shape index (κ1) is 18.8. The van der Waals surface area contributed by atoms with Crippen LogP contribution in [0.25, 0.3) is 0 Å². The van der Waals surface area contributed by atoms with E-state index in [9.17, 15) is 14.0 Å². The van der Waals surface area contributed by atoms with Crippen LogP contribution in [0.15, 0.2) is 30.3 Å². The van der Waals surface area contributed by atoms with Crippen LogP contribution in [0.4, 0.5) is 9.18 Å². The zero-order chi connectivity index (χ0) is 19.2. The molecule has 0 saturated heterocycles. The number of methoxy groups -OCH3 is 1. The minimum absolute atomic E-state index is 0.0914. The fraction of sp³-hybridized carbons (Fsp3) is 0.389. The van der Waals surface area contributed by atoms with Crippen LogP contribution in [0.3, 0.4) is 0 Å². The zero-order valence-corrected chi connectivity index (χ0v) is 15.0. The third-order valence-electron chi connectivity index (χ3n) is 4.24. The van der Waals surface area contributed by atoms with E-state index >= 15 is 0 Å². The van der Waals surface area contributed by atoms with Crippen molar-refractivity contribution >= 4 is 11.9 Å². The fourth-order valence-corrected chi connectivity index (χ4v) is 2.89. The van der Waals surface area contributed by atoms with Gasteiger partial charge in [0.2, 0.25) is 0 Å². The second-order valence-electron chi connectivity index (χ2n) is 6.31. The SMILES string of the molecule is COCCNC(=O)c1cc2n(n1)CC(NC(=O)NCc1ccc(F)cc1)C2. The van der Waals surface area contributed by atoms with Gasteiger partial charge < -0.3 is 20.7 Å². The van der Waals surface area contributed by atoms with E-state index in [4.69, 9.17) is 4.74 Å². The van der Waals surface area contributed by atoms with Crippen molar-refractivity contribution in [3.05, 3.63) is 53.1 Å². The number of fused-ring (bicyclic) bond motifs is 1. The van der Waals surface area contributed by atoms with Gasteiger partial charge in [0.25, 0.3) is 5.91 Å². The Kier molecular flexibility index (Phi) is 6.02. The summed E-state index contributed by atoms with van der Waals surface area (Å²) in [7, 11) is 1.57. The van der Waals surface area contributed by atoms with Gasteiger partial charge in [-0.2, -0.15) is 5.10 Å². The molecule has 1 aliphatic heterocycles. The first-order valence-corrected chi connectivity index (χ1v) is 8.68. The zero-order valence-electron chi connectivity index (χ0n) is 15.0. The van der Waals surface area contributed by atoms with E-state index in [1.807, 2.05) is 0 Å². The van der Waals surface area contributed by atoms with E-state index < -0.39 is 0 Å². The van der Waals surface area contributed by atoms with Gasteiger partial charge in [0.1, 0.15) is 11.5 Å². The molecule has 0 radical (unpaired) electrons. The Bertz CT molecular complexity index is 782. The van der Waals surface area contributed by atoms with Crippen molar-refractivity contribution in [2.75, 3.05) is 20.3 Å². The summed E-state index contributed by atoms with van der Waals surface area (Å²) in [6.07, 6.45) is 0.600. The third-order valence-corrected chi connectivity index (χ3v) is 4.24. The number of amides is 3. The molecule has 0 bridgehead atoms. The Hall–Kier alpha value is -2.94. The van der Waals surface area contributed by atoms with Crippen LogP contribution in [0.5, 0.6) is 0 Å². The molecule has 8 nitrogen and oxygen atoms in total. The maximum Gasteiger partial charge on any atom is 0.315 e. The predicted octanol–water partition coefficient (Wildman–Crippen LogP) is 0.822. The molecule has 144 valence electrons. The summed E-state index contributed by atoms with van der Waals surface area (Å²) in [4.78, 5) is 24.0. The number of ether oxygens (including phenoxy) is 1. The molecule has 0 spiro atoms. The fourth-order valence-electron chi connectivity index (χ4n) is 2.89. The number of carbonyl (C=O) groups excluding carboxylic acids is 2. The number of nitrogens with one attached hydrogen (secondary N) is 3. The number of carbonyl (C=O) groups is 2. The molecule has 1 unspecified atom stereocenters. The lowest BCUT2D eigenvalue weighted by Crippen LogP contribution is -2.42. The lowest BCUT2D eigenvalue weighted by molar-refractivity contribution is 0.0931. The number of urea groups is 1. The van der Waals surface area contributed by atoms with E-state index in [0.717, 1.165) is 11.3 Å². The van der Waals surface area contributed by atoms with E-state index in [-0.39, 0.29) is 23.8 Å². The van der Waals surface area contributed by atoms with E-state index in [0.29, 0.717) is 38.4 Å². The van der Waals surface area contributed by atoms with Gasteiger partial charge in [0, 0.05) is 32.3 Å². The van der Waals surface area contributed by atoms with Gasteiger partial charge in [-0.05, 0) is 23.8 Å². The maximum atomic E-state index is 12.9. The number of rotatable bonds is 7. The van der Waals surface area contributed by atoms with Crippen molar-refractivity contribution in [1.29, 1.82) is 0 Å². The minimum Gasteiger partial charge on any atom is -0.383 e. The number of hydrogen-bond donors (Lipinski definition) is 3. The molecule has 3 N–H and O–H groups in total. The van der Waals surface area contributed by atoms with Crippen LogP contribution < -0.4 is 16.0 Å². The summed E-state index contributed by atoms with van der Waals surface area (Å²) in [6.45, 7) is 1.69. The molecule has 1 aliphatic rings. The van der Waals surface area contributed by atoms with Crippen LogP contribution >= 0.6 is 0 Å². The van der Waals surface area contributed by atoms with E-state index in [1.54, 1.807) is 30.0 Å². The molecule has 1 atom stereocenters. The Balaban J connectivity index is 1.44. The number of aromatic nitrogens is 2. The molecule has 27 heavy (non-hydrogen) atoms. The third kappa shape index (κ3) is 5.04. The van der Waals surface area contributed by atoms with E-state index in [1.165, 1.54) is 12.1 Å². The predicted molar refractivity (Wildman–Crippen MR) is 95.7 cm³/mol. The van der Waals surface area contributed by atoms with Crippen molar-refractivity contribution in [2.45, 2.75) is 25.6 Å². The van der Waals surface area contributed by atoms with Gasteiger partial charge in [-0.25, -0.2) is 9.18 Å². The van der Waals surface area contributed by atoms with Crippen LogP contribution in [0.2, 0.25) is 0 Å². The highest BCUT2D eigenvalue weighted by molar-refractivity contribution is 5.92. The van der Waals surface area contributed by atoms with Crippen molar-refractivity contribution in [1.82, 2.24) is 25.7 Å². The maximum absolute atomic E-state index is 12.9. The Morgan fingerprint density at radius 2 is 2.07 bits per heavy atom. The first-order valence-electron chi connectivity index (χ1n) is 8.68. The van der Waals surface area contributed by atoms with Crippen LogP contribution in [-0.4, -0.2) is 48.0 Å². The number of hydrogen-bond acceptors (Lipinski definition) is 4. The van der Waals surface area contributed by atoms with Gasteiger partial charge >= 0.3 is 6.03 Å². The molecule has 2 heterocycles. The molecule has 2 aromatic rings. The lowest BCUT2D eigenvalue weighted by atomic mass is 10.2. The van der Waals surface area contributed by atoms with Crippen molar-refractivity contribution in [3.63, 3.8) is 0 Å². The number of halogens is 1. The Morgan fingerprint density at radius 1 is 1.30 bits per heavy atom. The van der Waals surface area contributed by atoms with Gasteiger partial charge in [-0.3, -0.25) is 9.48 Å². The highest BCUT2D eigenvalue weighted by Gasteiger charge is 2.26. The summed E-state index contributed by atoms with van der Waals surface area (Å²) < 4.78 is 19.5. The van der Waals surface area contributed by atoms with Crippen molar-refractivity contribution in [3.8, 4) is 0 Å². The smallest absolute Gasteiger partial charge is 0.315 e. The van der Waals surface area contributed by atoms with Crippen molar-refractivity contribution < 1.29 is 18.7 Å². The number of benzene rings is 1. The first-order chi connectivity index (χ1) is 13.0. The molecule has 0 aliphatic carbocycles. The largest absolute Gasteiger partial charge is 0.383 e. The lowest BCUT2D eigenvalue weighted by Gasteiger charge is -2.13. The van der Waals surface area contributed by atoms with Crippen LogP contribution in [0, 0.1) is 5.82 Å². The molecular formula is C18H22FN5O3. The highest BCUT2D eigenvalue weighted by atomic mass is 19.1. The normalized spacial score (nSPS) is 15.3. The van der Waals surface area contributed by atoms with Gasteiger partial charge in [-0.1, -0.05) is 12.1 Å². The highest BCUT2D eigenvalue weighted by Crippen LogP contribution is 2.16. The van der Waals surface area contributed by atoms with Crippen LogP contribution in [0.1, 0.15) is 21.7 Å². The topological polar surface area (TPSA) is 97.3 Å². The summed E-state index contributed by atoms with van der Waals surface area (Å²) in [5.74, 6) is -0.550.